The number of nitrogens with one attached hydrogen (secondary N) is 1. The molecule has 1 aliphatic rings. The van der Waals surface area contributed by atoms with Crippen LogP contribution in [0.5, 0.6) is 0 Å². The molecular weight excluding hydrogens is 370 g/mol. The number of carbonyl (C=O) groups is 1. The van der Waals surface area contributed by atoms with Gasteiger partial charge in [0.2, 0.25) is 0 Å². The van der Waals surface area contributed by atoms with Crippen molar-refractivity contribution in [2.24, 2.45) is 0 Å². The molecule has 1 fully saturated rings. The fourth-order valence-electron chi connectivity index (χ4n) is 2.87. The third-order valence-corrected chi connectivity index (χ3v) is 7.67. The Labute approximate surface area is 157 Å². The van der Waals surface area contributed by atoms with Crippen LogP contribution in [0.2, 0.25) is 0 Å². The van der Waals surface area contributed by atoms with Crippen LogP contribution in [0.25, 0.3) is 0 Å². The highest BCUT2D eigenvalue weighted by Crippen LogP contribution is 2.30. The maximum atomic E-state index is 12.6. The van der Waals surface area contributed by atoms with E-state index in [1.807, 2.05) is 6.07 Å². The van der Waals surface area contributed by atoms with Crippen LogP contribution in [0, 0.1) is 11.3 Å². The van der Waals surface area contributed by atoms with Gasteiger partial charge in [0.15, 0.2) is 5.78 Å². The second-order valence-electron chi connectivity index (χ2n) is 6.02. The molecule has 8 heteroatoms. The summed E-state index contributed by atoms with van der Waals surface area (Å²) in [5.74, 6) is -0.212. The lowest BCUT2D eigenvalue weighted by molar-refractivity contribution is 0.101. The molecule has 136 valence electrons. The van der Waals surface area contributed by atoms with E-state index in [1.165, 1.54) is 4.31 Å². The second kappa shape index (κ2) is 7.99. The first-order valence-corrected chi connectivity index (χ1v) is 10.6. The number of nitriles is 1. The van der Waals surface area contributed by atoms with Crippen molar-refractivity contribution >= 4 is 32.1 Å². The normalized spacial score (nSPS) is 15.3. The molecule has 2 heterocycles. The van der Waals surface area contributed by atoms with Crippen molar-refractivity contribution in [3.05, 3.63) is 47.5 Å². The second-order valence-corrected chi connectivity index (χ2v) is 9.27. The lowest BCUT2D eigenvalue weighted by atomic mass is 10.0. The van der Waals surface area contributed by atoms with E-state index in [0.29, 0.717) is 29.2 Å². The minimum atomic E-state index is -3.46. The predicted molar refractivity (Wildman–Crippen MR) is 101 cm³/mol. The van der Waals surface area contributed by atoms with Crippen molar-refractivity contribution < 1.29 is 13.2 Å². The number of piperidine rings is 1. The number of hydrogen-bond acceptors (Lipinski definition) is 6. The van der Waals surface area contributed by atoms with E-state index in [-0.39, 0.29) is 16.5 Å². The highest BCUT2D eigenvalue weighted by atomic mass is 32.2. The number of carbonyl (C=O) groups excluding carboxylic acids is 1. The first-order chi connectivity index (χ1) is 12.5. The summed E-state index contributed by atoms with van der Waals surface area (Å²) >= 11 is 1.12. The largest absolute Gasteiger partial charge is 0.369 e. The maximum absolute atomic E-state index is 12.6. The van der Waals surface area contributed by atoms with Crippen molar-refractivity contribution in [1.82, 2.24) is 4.31 Å². The van der Waals surface area contributed by atoms with E-state index in [2.05, 4.69) is 5.32 Å². The van der Waals surface area contributed by atoms with Crippen LogP contribution in [-0.2, 0) is 10.0 Å². The third kappa shape index (κ3) is 3.96. The van der Waals surface area contributed by atoms with Gasteiger partial charge in [0.1, 0.15) is 4.21 Å². The SMILES string of the molecule is N#Cc1ccccc1C(=O)CNc1ccc(S(=O)(=O)N2CCCCC2)s1. The summed E-state index contributed by atoms with van der Waals surface area (Å²) in [7, 11) is -3.46. The van der Waals surface area contributed by atoms with E-state index in [4.69, 9.17) is 5.26 Å². The molecule has 0 amide bonds. The monoisotopic (exact) mass is 389 g/mol. The van der Waals surface area contributed by atoms with Crippen molar-refractivity contribution in [2.45, 2.75) is 23.5 Å². The molecule has 0 aliphatic carbocycles. The molecular formula is C18H19N3O3S2. The van der Waals surface area contributed by atoms with Gasteiger partial charge in [0, 0.05) is 18.7 Å². The molecule has 1 aromatic heterocycles. The van der Waals surface area contributed by atoms with Gasteiger partial charge in [0.05, 0.1) is 23.2 Å². The number of hydrogen-bond donors (Lipinski definition) is 1. The predicted octanol–water partition coefficient (Wildman–Crippen LogP) is 3.09. The summed E-state index contributed by atoms with van der Waals surface area (Å²) in [6, 6.07) is 11.9. The average Bonchev–Trinajstić information content (AvgIpc) is 3.16. The zero-order chi connectivity index (χ0) is 18.6. The Morgan fingerprint density at radius 2 is 1.88 bits per heavy atom. The number of benzene rings is 1. The summed E-state index contributed by atoms with van der Waals surface area (Å²) in [6.45, 7) is 1.13. The summed E-state index contributed by atoms with van der Waals surface area (Å²) < 4.78 is 27.1. The summed E-state index contributed by atoms with van der Waals surface area (Å²) in [6.07, 6.45) is 2.85. The van der Waals surface area contributed by atoms with Crippen LogP contribution in [0.3, 0.4) is 0 Å². The zero-order valence-corrected chi connectivity index (χ0v) is 15.8. The zero-order valence-electron chi connectivity index (χ0n) is 14.1. The molecule has 0 atom stereocenters. The highest BCUT2D eigenvalue weighted by molar-refractivity contribution is 7.91. The van der Waals surface area contributed by atoms with E-state index in [0.717, 1.165) is 30.6 Å². The molecule has 1 saturated heterocycles. The summed E-state index contributed by atoms with van der Waals surface area (Å²) in [5, 5.41) is 12.7. The van der Waals surface area contributed by atoms with Gasteiger partial charge in [-0.3, -0.25) is 4.79 Å². The Hall–Kier alpha value is -2.21. The Morgan fingerprint density at radius 3 is 2.62 bits per heavy atom. The fraction of sp³-hybridized carbons (Fsp3) is 0.333. The fourth-order valence-corrected chi connectivity index (χ4v) is 5.75. The topological polar surface area (TPSA) is 90.3 Å². The van der Waals surface area contributed by atoms with Crippen LogP contribution in [0.4, 0.5) is 5.00 Å². The first-order valence-electron chi connectivity index (χ1n) is 8.38. The van der Waals surface area contributed by atoms with Crippen molar-refractivity contribution in [2.75, 3.05) is 25.0 Å². The Morgan fingerprint density at radius 1 is 1.15 bits per heavy atom. The Bertz CT molecular complexity index is 939. The Balaban J connectivity index is 1.67. The number of Topliss-reactive ketones (excluding diaryl/α,β-unsaturated/α-hetero) is 1. The van der Waals surface area contributed by atoms with Crippen LogP contribution in [0.15, 0.2) is 40.6 Å². The molecule has 0 unspecified atom stereocenters. The molecule has 0 saturated carbocycles. The average molecular weight is 390 g/mol. The smallest absolute Gasteiger partial charge is 0.252 e. The number of ketones is 1. The summed E-state index contributed by atoms with van der Waals surface area (Å²) in [5.41, 5.74) is 0.694. The molecule has 1 N–H and O–H groups in total. The lowest BCUT2D eigenvalue weighted by Gasteiger charge is -2.25. The Kier molecular flexibility index (Phi) is 5.71. The number of anilines is 1. The highest BCUT2D eigenvalue weighted by Gasteiger charge is 2.27. The van der Waals surface area contributed by atoms with E-state index in [1.54, 1.807) is 36.4 Å². The molecule has 6 nitrogen and oxygen atoms in total. The van der Waals surface area contributed by atoms with Gasteiger partial charge in [-0.05, 0) is 31.0 Å². The van der Waals surface area contributed by atoms with Crippen LogP contribution < -0.4 is 5.32 Å². The standard InChI is InChI=1S/C18H19N3O3S2/c19-12-14-6-2-3-7-15(14)16(22)13-20-17-8-9-18(25-17)26(23,24)21-10-4-1-5-11-21/h2-3,6-9,20H,1,4-5,10-11,13H2. The minimum Gasteiger partial charge on any atom is -0.369 e. The van der Waals surface area contributed by atoms with E-state index in [9.17, 15) is 13.2 Å². The van der Waals surface area contributed by atoms with Gasteiger partial charge in [-0.1, -0.05) is 24.6 Å². The molecule has 1 aliphatic heterocycles. The lowest BCUT2D eigenvalue weighted by Crippen LogP contribution is -2.35. The number of thiophene rings is 1. The maximum Gasteiger partial charge on any atom is 0.252 e. The molecule has 26 heavy (non-hydrogen) atoms. The van der Waals surface area contributed by atoms with Crippen molar-refractivity contribution in [1.29, 1.82) is 5.26 Å². The van der Waals surface area contributed by atoms with Crippen LogP contribution in [-0.4, -0.2) is 38.1 Å². The number of sulfonamides is 1. The van der Waals surface area contributed by atoms with Crippen LogP contribution in [0.1, 0.15) is 35.2 Å². The number of rotatable bonds is 6. The third-order valence-electron chi connectivity index (χ3n) is 4.26. The first kappa shape index (κ1) is 18.6. The quantitative estimate of drug-likeness (QED) is 0.767. The molecule has 3 rings (SSSR count). The minimum absolute atomic E-state index is 0.00239. The number of nitrogens with zero attached hydrogens (tertiary/aromatic N) is 2. The molecule has 1 aromatic carbocycles. The van der Waals surface area contributed by atoms with Gasteiger partial charge in [0.25, 0.3) is 10.0 Å². The van der Waals surface area contributed by atoms with Gasteiger partial charge in [-0.15, -0.1) is 11.3 Å². The van der Waals surface area contributed by atoms with Gasteiger partial charge < -0.3 is 5.32 Å². The van der Waals surface area contributed by atoms with Gasteiger partial charge >= 0.3 is 0 Å². The van der Waals surface area contributed by atoms with Gasteiger partial charge in [-0.25, -0.2) is 8.42 Å². The van der Waals surface area contributed by atoms with Crippen LogP contribution >= 0.6 is 11.3 Å². The molecule has 0 spiro atoms. The summed E-state index contributed by atoms with van der Waals surface area (Å²) in [4.78, 5) is 12.3. The van der Waals surface area contributed by atoms with Gasteiger partial charge in [-0.2, -0.15) is 9.57 Å². The molecule has 2 aromatic rings. The van der Waals surface area contributed by atoms with Crippen molar-refractivity contribution in [3.63, 3.8) is 0 Å². The van der Waals surface area contributed by atoms with Crippen molar-refractivity contribution in [3.8, 4) is 6.07 Å². The molecule has 0 bridgehead atoms. The molecule has 0 radical (unpaired) electrons. The van der Waals surface area contributed by atoms with E-state index >= 15 is 0 Å². The van der Waals surface area contributed by atoms with E-state index < -0.39 is 10.0 Å².